The molecule has 16 heavy (non-hydrogen) atoms. The molecule has 1 aromatic rings. The van der Waals surface area contributed by atoms with E-state index in [1.165, 1.54) is 0 Å². The molecule has 1 unspecified atom stereocenters. The van der Waals surface area contributed by atoms with Gasteiger partial charge in [0.2, 0.25) is 0 Å². The van der Waals surface area contributed by atoms with Crippen LogP contribution in [0.1, 0.15) is 18.5 Å². The number of carboxylic acid groups (broad SMARTS) is 1. The van der Waals surface area contributed by atoms with Gasteiger partial charge in [-0.1, -0.05) is 5.92 Å². The monoisotopic (exact) mass is 221 g/mol. The smallest absolute Gasteiger partial charge is 0.317 e. The van der Waals surface area contributed by atoms with Crippen molar-refractivity contribution >= 4 is 5.97 Å². The third kappa shape index (κ3) is 3.11. The van der Waals surface area contributed by atoms with Crippen LogP contribution >= 0.6 is 0 Å². The van der Waals surface area contributed by atoms with E-state index in [0.717, 1.165) is 5.56 Å². The number of carbonyl (C=O) groups is 1. The van der Waals surface area contributed by atoms with Gasteiger partial charge in [-0.3, -0.25) is 14.4 Å². The average Bonchev–Trinajstić information content (AvgIpc) is 2.62. The Kier molecular flexibility index (Phi) is 4.09. The van der Waals surface area contributed by atoms with Gasteiger partial charge in [-0.2, -0.15) is 5.10 Å². The molecule has 0 fully saturated rings. The van der Waals surface area contributed by atoms with Crippen LogP contribution in [0.5, 0.6) is 0 Å². The second kappa shape index (κ2) is 5.33. The molecule has 1 aromatic heterocycles. The Bertz CT molecular complexity index is 406. The third-order valence-corrected chi connectivity index (χ3v) is 2.39. The lowest BCUT2D eigenvalue weighted by Crippen LogP contribution is -2.32. The van der Waals surface area contributed by atoms with Gasteiger partial charge in [0.15, 0.2) is 0 Å². The lowest BCUT2D eigenvalue weighted by Gasteiger charge is -2.24. The second-order valence-electron chi connectivity index (χ2n) is 3.63. The summed E-state index contributed by atoms with van der Waals surface area (Å²) < 4.78 is 1.68. The highest BCUT2D eigenvalue weighted by Gasteiger charge is 2.18. The van der Waals surface area contributed by atoms with E-state index >= 15 is 0 Å². The highest BCUT2D eigenvalue weighted by Crippen LogP contribution is 2.18. The molecule has 0 saturated heterocycles. The topological polar surface area (TPSA) is 58.4 Å². The van der Waals surface area contributed by atoms with E-state index in [4.69, 9.17) is 11.5 Å². The van der Waals surface area contributed by atoms with Crippen molar-refractivity contribution < 1.29 is 9.90 Å². The molecular weight excluding hydrogens is 206 g/mol. The predicted octanol–water partition coefficient (Wildman–Crippen LogP) is 0.501. The van der Waals surface area contributed by atoms with Crippen LogP contribution in [0.25, 0.3) is 0 Å². The first-order valence-electron chi connectivity index (χ1n) is 4.92. The van der Waals surface area contributed by atoms with Crippen molar-refractivity contribution in [3.8, 4) is 12.3 Å². The van der Waals surface area contributed by atoms with Crippen LogP contribution in [-0.4, -0.2) is 38.8 Å². The van der Waals surface area contributed by atoms with Gasteiger partial charge in [-0.15, -0.1) is 6.42 Å². The fraction of sp³-hybridized carbons (Fsp3) is 0.455. The Hall–Kier alpha value is -1.80. The number of aromatic nitrogens is 2. The minimum atomic E-state index is -0.883. The predicted molar refractivity (Wildman–Crippen MR) is 59.7 cm³/mol. The van der Waals surface area contributed by atoms with E-state index in [9.17, 15) is 4.79 Å². The van der Waals surface area contributed by atoms with Crippen molar-refractivity contribution in [2.24, 2.45) is 7.05 Å². The summed E-state index contributed by atoms with van der Waals surface area (Å²) in [5.74, 6) is 1.58. The molecule has 5 nitrogen and oxygen atoms in total. The number of hydrogen-bond donors (Lipinski definition) is 1. The van der Waals surface area contributed by atoms with Crippen molar-refractivity contribution in [1.29, 1.82) is 0 Å². The van der Waals surface area contributed by atoms with Crippen LogP contribution in [0.4, 0.5) is 0 Å². The Morgan fingerprint density at radius 3 is 2.94 bits per heavy atom. The first-order valence-corrected chi connectivity index (χ1v) is 4.92. The average molecular weight is 221 g/mol. The van der Waals surface area contributed by atoms with Gasteiger partial charge < -0.3 is 5.11 Å². The molecule has 1 N–H and O–H groups in total. The summed E-state index contributed by atoms with van der Waals surface area (Å²) in [7, 11) is 1.82. The van der Waals surface area contributed by atoms with Crippen molar-refractivity contribution in [2.45, 2.75) is 13.0 Å². The van der Waals surface area contributed by atoms with E-state index in [2.05, 4.69) is 11.0 Å². The van der Waals surface area contributed by atoms with E-state index in [1.54, 1.807) is 15.8 Å². The Morgan fingerprint density at radius 2 is 2.50 bits per heavy atom. The number of rotatable bonds is 5. The van der Waals surface area contributed by atoms with Crippen molar-refractivity contribution in [2.75, 3.05) is 13.1 Å². The Labute approximate surface area is 94.7 Å². The summed E-state index contributed by atoms with van der Waals surface area (Å²) in [5.41, 5.74) is 0.957. The number of nitrogens with zero attached hydrogens (tertiary/aromatic N) is 3. The molecule has 0 bridgehead atoms. The van der Waals surface area contributed by atoms with Gasteiger partial charge in [0.05, 0.1) is 19.3 Å². The number of aryl methyl sites for hydroxylation is 1. The Morgan fingerprint density at radius 1 is 1.81 bits per heavy atom. The molecule has 0 aliphatic carbocycles. The van der Waals surface area contributed by atoms with Gasteiger partial charge in [0.25, 0.3) is 0 Å². The number of aliphatic carboxylic acids is 1. The quantitative estimate of drug-likeness (QED) is 0.736. The molecule has 86 valence electrons. The Balaban J connectivity index is 2.78. The maximum absolute atomic E-state index is 10.7. The molecule has 5 heteroatoms. The standard InChI is InChI=1S/C11H15N3O2/c1-4-5-14(8-11(15)16)9(2)10-6-12-13(3)7-10/h1,6-7,9H,5,8H2,2-3H3,(H,15,16). The van der Waals surface area contributed by atoms with Crippen LogP contribution in [0.3, 0.4) is 0 Å². The summed E-state index contributed by atoms with van der Waals surface area (Å²) in [5, 5.41) is 12.8. The van der Waals surface area contributed by atoms with E-state index in [-0.39, 0.29) is 12.6 Å². The van der Waals surface area contributed by atoms with E-state index in [0.29, 0.717) is 6.54 Å². The van der Waals surface area contributed by atoms with E-state index < -0.39 is 5.97 Å². The zero-order valence-corrected chi connectivity index (χ0v) is 9.42. The highest BCUT2D eigenvalue weighted by molar-refractivity contribution is 5.69. The molecule has 0 amide bonds. The molecule has 0 radical (unpaired) electrons. The maximum atomic E-state index is 10.7. The first kappa shape index (κ1) is 12.3. The van der Waals surface area contributed by atoms with Crippen molar-refractivity contribution in [3.63, 3.8) is 0 Å². The SMILES string of the molecule is C#CCN(CC(=O)O)C(C)c1cnn(C)c1. The highest BCUT2D eigenvalue weighted by atomic mass is 16.4. The molecule has 0 aliphatic heterocycles. The van der Waals surface area contributed by atoms with Crippen LogP contribution in [0.2, 0.25) is 0 Å². The van der Waals surface area contributed by atoms with E-state index in [1.807, 2.05) is 20.2 Å². The second-order valence-corrected chi connectivity index (χ2v) is 3.63. The van der Waals surface area contributed by atoms with Gasteiger partial charge in [-0.05, 0) is 6.92 Å². The number of hydrogen-bond acceptors (Lipinski definition) is 3. The van der Waals surface area contributed by atoms with Gasteiger partial charge in [-0.25, -0.2) is 0 Å². The number of carboxylic acids is 1. The summed E-state index contributed by atoms with van der Waals surface area (Å²) in [6.07, 6.45) is 8.80. The fourth-order valence-electron chi connectivity index (χ4n) is 1.49. The fourth-order valence-corrected chi connectivity index (χ4v) is 1.49. The van der Waals surface area contributed by atoms with Crippen molar-refractivity contribution in [3.05, 3.63) is 18.0 Å². The zero-order valence-electron chi connectivity index (χ0n) is 9.42. The molecule has 0 saturated carbocycles. The molecule has 0 aliphatic rings. The molecule has 0 spiro atoms. The van der Waals surface area contributed by atoms with Gasteiger partial charge >= 0.3 is 5.97 Å². The summed E-state index contributed by atoms with van der Waals surface area (Å²) >= 11 is 0. The summed E-state index contributed by atoms with van der Waals surface area (Å²) in [6, 6.07) is -0.0548. The van der Waals surface area contributed by atoms with Gasteiger partial charge in [0, 0.05) is 24.8 Å². The molecule has 1 atom stereocenters. The first-order chi connectivity index (χ1) is 7.54. The van der Waals surface area contributed by atoms with Crippen LogP contribution < -0.4 is 0 Å². The van der Waals surface area contributed by atoms with Crippen molar-refractivity contribution in [1.82, 2.24) is 14.7 Å². The summed E-state index contributed by atoms with van der Waals surface area (Å²) in [4.78, 5) is 12.4. The molecular formula is C11H15N3O2. The lowest BCUT2D eigenvalue weighted by atomic mass is 10.1. The zero-order chi connectivity index (χ0) is 12.1. The summed E-state index contributed by atoms with van der Waals surface area (Å²) in [6.45, 7) is 2.15. The van der Waals surface area contributed by atoms with Crippen LogP contribution in [0.15, 0.2) is 12.4 Å². The molecule has 0 aromatic carbocycles. The minimum absolute atomic E-state index is 0.0548. The van der Waals surface area contributed by atoms with Crippen LogP contribution in [0, 0.1) is 12.3 Å². The largest absolute Gasteiger partial charge is 0.480 e. The molecule has 1 rings (SSSR count). The van der Waals surface area contributed by atoms with Crippen LogP contribution in [-0.2, 0) is 11.8 Å². The minimum Gasteiger partial charge on any atom is -0.480 e. The van der Waals surface area contributed by atoms with Gasteiger partial charge in [0.1, 0.15) is 0 Å². The number of terminal acetylenes is 1. The molecule has 1 heterocycles. The lowest BCUT2D eigenvalue weighted by molar-refractivity contribution is -0.138. The maximum Gasteiger partial charge on any atom is 0.317 e. The third-order valence-electron chi connectivity index (χ3n) is 2.39. The normalized spacial score (nSPS) is 12.4.